The standard InChI is InChI=1S/C29H33N3O5S2/c1-30(29(33)15-10-24-8-12-26(13-9-24)39(2,36)37)27-14-11-25(22-28(27)38(34)35)32-20-18-31(19-21-32)17-16-23-6-4-3-5-7-23/h3-15,22,27H,16-21H2,1-2H3/b15-10+. The molecular weight excluding hydrogens is 534 g/mol. The van der Waals surface area contributed by atoms with Crippen molar-refractivity contribution in [3.05, 3.63) is 95.7 Å². The summed E-state index contributed by atoms with van der Waals surface area (Å²) < 4.78 is 47.5. The number of rotatable bonds is 8. The number of carbonyl (C=O) groups is 1. The van der Waals surface area contributed by atoms with Crippen LogP contribution >= 0.6 is 0 Å². The van der Waals surface area contributed by atoms with Crippen LogP contribution in [-0.4, -0.2) is 94.4 Å². The van der Waals surface area contributed by atoms with Crippen LogP contribution in [0.15, 0.2) is 89.5 Å². The van der Waals surface area contributed by atoms with Crippen LogP contribution in [0, 0.1) is 0 Å². The molecule has 0 aromatic heterocycles. The minimum Gasteiger partial charge on any atom is -0.369 e. The number of sulfone groups is 1. The molecule has 2 aromatic rings. The summed E-state index contributed by atoms with van der Waals surface area (Å²) in [4.78, 5) is 19.2. The summed E-state index contributed by atoms with van der Waals surface area (Å²) in [7, 11) is -4.24. The molecule has 0 spiro atoms. The topological polar surface area (TPSA) is 95.1 Å². The fourth-order valence-electron chi connectivity index (χ4n) is 4.64. The molecule has 206 valence electrons. The lowest BCUT2D eigenvalue weighted by Gasteiger charge is -2.38. The number of likely N-dealkylation sites (N-methyl/N-ethyl adjacent to an activating group) is 1. The SMILES string of the molecule is CN(C(=O)/C=C/c1ccc(S(C)(=O)=O)cc1)C1C=CC(N2CCN(CCc3ccccc3)CC2)=CC1=S(=O)=O. The van der Waals surface area contributed by atoms with E-state index in [1.165, 1.54) is 28.7 Å². The second kappa shape index (κ2) is 12.6. The van der Waals surface area contributed by atoms with E-state index in [4.69, 9.17) is 0 Å². The summed E-state index contributed by atoms with van der Waals surface area (Å²) in [5, 5.41) is 0. The highest BCUT2D eigenvalue weighted by atomic mass is 32.2. The van der Waals surface area contributed by atoms with E-state index >= 15 is 0 Å². The smallest absolute Gasteiger partial charge is 0.247 e. The Morgan fingerprint density at radius 2 is 1.69 bits per heavy atom. The van der Waals surface area contributed by atoms with E-state index in [2.05, 4.69) is 34.1 Å². The second-order valence-electron chi connectivity index (χ2n) is 9.70. The Morgan fingerprint density at radius 1 is 1.03 bits per heavy atom. The lowest BCUT2D eigenvalue weighted by Crippen LogP contribution is -2.47. The molecule has 39 heavy (non-hydrogen) atoms. The Labute approximate surface area is 232 Å². The average molecular weight is 568 g/mol. The Kier molecular flexibility index (Phi) is 9.21. The molecule has 4 rings (SSSR count). The highest BCUT2D eigenvalue weighted by Gasteiger charge is 2.27. The molecule has 1 aliphatic carbocycles. The normalized spacial score (nSPS) is 18.3. The van der Waals surface area contributed by atoms with Crippen LogP contribution in [0.2, 0.25) is 0 Å². The van der Waals surface area contributed by atoms with Gasteiger partial charge >= 0.3 is 0 Å². The Hall–Kier alpha value is -3.47. The summed E-state index contributed by atoms with van der Waals surface area (Å²) in [5.74, 6) is -0.372. The highest BCUT2D eigenvalue weighted by Crippen LogP contribution is 2.19. The average Bonchev–Trinajstić information content (AvgIpc) is 2.94. The van der Waals surface area contributed by atoms with Gasteiger partial charge in [-0.05, 0) is 47.9 Å². The molecule has 1 amide bonds. The van der Waals surface area contributed by atoms with Crippen LogP contribution in [0.4, 0.5) is 0 Å². The monoisotopic (exact) mass is 567 g/mol. The maximum atomic E-state index is 12.9. The number of piperazine rings is 1. The first-order valence-corrected chi connectivity index (χ1v) is 15.7. The molecule has 2 aromatic carbocycles. The fourth-order valence-corrected chi connectivity index (χ4v) is 5.92. The minimum absolute atomic E-state index is 0.140. The van der Waals surface area contributed by atoms with Gasteiger partial charge in [0.15, 0.2) is 9.84 Å². The molecule has 1 fully saturated rings. The molecule has 10 heteroatoms. The molecule has 0 N–H and O–H groups in total. The Bertz CT molecular complexity index is 1510. The Morgan fingerprint density at radius 3 is 2.31 bits per heavy atom. The lowest BCUT2D eigenvalue weighted by atomic mass is 10.0. The zero-order valence-corrected chi connectivity index (χ0v) is 23.7. The lowest BCUT2D eigenvalue weighted by molar-refractivity contribution is -0.125. The van der Waals surface area contributed by atoms with Gasteiger partial charge in [0.25, 0.3) is 0 Å². The molecule has 0 bridgehead atoms. The molecule has 1 heterocycles. The third-order valence-electron chi connectivity index (χ3n) is 7.01. The van der Waals surface area contributed by atoms with Crippen LogP contribution in [0.1, 0.15) is 11.1 Å². The summed E-state index contributed by atoms with van der Waals surface area (Å²) in [5.41, 5.74) is 2.81. The van der Waals surface area contributed by atoms with Gasteiger partial charge in [-0.1, -0.05) is 48.5 Å². The number of allylic oxidation sites excluding steroid dienone is 1. The van der Waals surface area contributed by atoms with Crippen LogP contribution in [0.25, 0.3) is 6.08 Å². The predicted molar refractivity (Wildman–Crippen MR) is 154 cm³/mol. The van der Waals surface area contributed by atoms with Crippen molar-refractivity contribution in [2.24, 2.45) is 0 Å². The molecule has 0 saturated carbocycles. The maximum absolute atomic E-state index is 12.9. The van der Waals surface area contributed by atoms with Gasteiger partial charge in [-0.2, -0.15) is 8.42 Å². The van der Waals surface area contributed by atoms with Crippen LogP contribution < -0.4 is 0 Å². The first-order valence-electron chi connectivity index (χ1n) is 12.7. The second-order valence-corrected chi connectivity index (χ2v) is 12.7. The molecule has 1 aliphatic heterocycles. The van der Waals surface area contributed by atoms with E-state index in [1.807, 2.05) is 12.1 Å². The zero-order valence-electron chi connectivity index (χ0n) is 22.1. The van der Waals surface area contributed by atoms with Gasteiger partial charge in [-0.25, -0.2) is 8.42 Å². The zero-order chi connectivity index (χ0) is 28.0. The number of amides is 1. The first kappa shape index (κ1) is 28.5. The van der Waals surface area contributed by atoms with Crippen LogP contribution in [0.5, 0.6) is 0 Å². The van der Waals surface area contributed by atoms with Gasteiger partial charge in [0, 0.05) is 57.8 Å². The first-order chi connectivity index (χ1) is 18.6. The van der Waals surface area contributed by atoms with Gasteiger partial charge in [-0.3, -0.25) is 9.69 Å². The fraction of sp³-hybridized carbons (Fsp3) is 0.310. The van der Waals surface area contributed by atoms with Crippen LogP contribution in [0.3, 0.4) is 0 Å². The van der Waals surface area contributed by atoms with E-state index in [-0.39, 0.29) is 15.7 Å². The summed E-state index contributed by atoms with van der Waals surface area (Å²) in [6.07, 6.45) is 10.3. The largest absolute Gasteiger partial charge is 0.369 e. The molecular formula is C29H33N3O5S2. The van der Waals surface area contributed by atoms with Crippen LogP contribution in [-0.2, 0) is 31.3 Å². The molecule has 1 saturated heterocycles. The van der Waals surface area contributed by atoms with Crippen molar-refractivity contribution in [1.29, 1.82) is 0 Å². The summed E-state index contributed by atoms with van der Waals surface area (Å²) >= 11 is 0. The van der Waals surface area contributed by atoms with Gasteiger partial charge in [0.2, 0.25) is 16.2 Å². The van der Waals surface area contributed by atoms with Crippen molar-refractivity contribution in [3.8, 4) is 0 Å². The third kappa shape index (κ3) is 7.56. The van der Waals surface area contributed by atoms with Crippen molar-refractivity contribution in [2.75, 3.05) is 46.0 Å². The molecule has 2 aliphatic rings. The number of benzene rings is 2. The van der Waals surface area contributed by atoms with E-state index < -0.39 is 26.2 Å². The quantitative estimate of drug-likeness (QED) is 0.357. The molecule has 8 nitrogen and oxygen atoms in total. The van der Waals surface area contributed by atoms with Gasteiger partial charge in [0.1, 0.15) is 4.86 Å². The van der Waals surface area contributed by atoms with Gasteiger partial charge < -0.3 is 9.80 Å². The highest BCUT2D eigenvalue weighted by molar-refractivity contribution is 7.90. The number of nitrogens with zero attached hydrogens (tertiary/aromatic N) is 3. The van der Waals surface area contributed by atoms with E-state index in [9.17, 15) is 21.6 Å². The summed E-state index contributed by atoms with van der Waals surface area (Å²) in [6.45, 7) is 4.37. The van der Waals surface area contributed by atoms with E-state index in [0.717, 1.165) is 51.1 Å². The molecule has 0 radical (unpaired) electrons. The van der Waals surface area contributed by atoms with Crippen molar-refractivity contribution in [2.45, 2.75) is 17.4 Å². The molecule has 1 unspecified atom stereocenters. The number of hydrogen-bond donors (Lipinski definition) is 0. The van der Waals surface area contributed by atoms with Gasteiger partial charge in [-0.15, -0.1) is 0 Å². The van der Waals surface area contributed by atoms with Crippen molar-refractivity contribution < 1.29 is 21.6 Å². The maximum Gasteiger partial charge on any atom is 0.247 e. The van der Waals surface area contributed by atoms with Gasteiger partial charge in [0.05, 0.1) is 10.9 Å². The van der Waals surface area contributed by atoms with E-state index in [0.29, 0.717) is 5.56 Å². The summed E-state index contributed by atoms with van der Waals surface area (Å²) in [6, 6.07) is 15.9. The third-order valence-corrected chi connectivity index (χ3v) is 8.88. The number of carbonyl (C=O) groups excluding carboxylic acids is 1. The van der Waals surface area contributed by atoms with E-state index in [1.54, 1.807) is 37.4 Å². The van der Waals surface area contributed by atoms with Crippen molar-refractivity contribution in [3.63, 3.8) is 0 Å². The predicted octanol–water partition coefficient (Wildman–Crippen LogP) is 2.30. The van der Waals surface area contributed by atoms with Crippen molar-refractivity contribution in [1.82, 2.24) is 14.7 Å². The number of hydrogen-bond acceptors (Lipinski definition) is 7. The Balaban J connectivity index is 1.36. The molecule has 1 atom stereocenters. The van der Waals surface area contributed by atoms with Crippen molar-refractivity contribution >= 4 is 37.0 Å². The minimum atomic E-state index is -3.30.